The van der Waals surface area contributed by atoms with Gasteiger partial charge in [-0.2, -0.15) is 0 Å². The van der Waals surface area contributed by atoms with Crippen molar-refractivity contribution in [3.63, 3.8) is 0 Å². The second-order valence-corrected chi connectivity index (χ2v) is 6.07. The molecule has 1 atom stereocenters. The third kappa shape index (κ3) is 5.10. The Hall–Kier alpha value is -0.900. The minimum absolute atomic E-state index is 0.501. The molecular formula is C18H30N2O. The van der Waals surface area contributed by atoms with Crippen molar-refractivity contribution in [1.82, 2.24) is 10.2 Å². The van der Waals surface area contributed by atoms with E-state index in [1.165, 1.54) is 37.9 Å². The van der Waals surface area contributed by atoms with Gasteiger partial charge in [0.25, 0.3) is 0 Å². The second-order valence-electron chi connectivity index (χ2n) is 6.07. The van der Waals surface area contributed by atoms with Crippen molar-refractivity contribution < 1.29 is 4.74 Å². The van der Waals surface area contributed by atoms with E-state index in [2.05, 4.69) is 47.5 Å². The number of likely N-dealkylation sites (tertiary alicyclic amines) is 1. The molecule has 0 bridgehead atoms. The summed E-state index contributed by atoms with van der Waals surface area (Å²) in [6.45, 7) is 7.65. The smallest absolute Gasteiger partial charge is 0.0491 e. The summed E-state index contributed by atoms with van der Waals surface area (Å²) in [5.41, 5.74) is 1.44. The Morgan fingerprint density at radius 1 is 1.24 bits per heavy atom. The fourth-order valence-electron chi connectivity index (χ4n) is 3.22. The van der Waals surface area contributed by atoms with E-state index in [4.69, 9.17) is 4.74 Å². The van der Waals surface area contributed by atoms with Gasteiger partial charge in [-0.05, 0) is 50.4 Å². The van der Waals surface area contributed by atoms with Crippen LogP contribution >= 0.6 is 0 Å². The van der Waals surface area contributed by atoms with Crippen LogP contribution in [0.2, 0.25) is 0 Å². The number of benzene rings is 1. The molecule has 3 nitrogen and oxygen atoms in total. The monoisotopic (exact) mass is 290 g/mol. The molecule has 1 aromatic carbocycles. The lowest BCUT2D eigenvalue weighted by Crippen LogP contribution is -2.41. The van der Waals surface area contributed by atoms with E-state index >= 15 is 0 Å². The van der Waals surface area contributed by atoms with Gasteiger partial charge in [0.05, 0.1) is 0 Å². The normalized spacial score (nSPS) is 18.8. The van der Waals surface area contributed by atoms with E-state index in [1.807, 2.05) is 7.11 Å². The van der Waals surface area contributed by atoms with Gasteiger partial charge in [-0.1, -0.05) is 37.3 Å². The lowest BCUT2D eigenvalue weighted by molar-refractivity contribution is 0.0789. The molecule has 1 fully saturated rings. The summed E-state index contributed by atoms with van der Waals surface area (Å²) >= 11 is 0. The largest absolute Gasteiger partial charge is 0.384 e. The topological polar surface area (TPSA) is 24.5 Å². The zero-order chi connectivity index (χ0) is 14.9. The predicted octanol–water partition coefficient (Wildman–Crippen LogP) is 3.09. The highest BCUT2D eigenvalue weighted by molar-refractivity contribution is 5.19. The van der Waals surface area contributed by atoms with Crippen LogP contribution < -0.4 is 5.32 Å². The van der Waals surface area contributed by atoms with Crippen LogP contribution in [-0.4, -0.2) is 44.8 Å². The van der Waals surface area contributed by atoms with E-state index in [9.17, 15) is 0 Å². The Kier molecular flexibility index (Phi) is 7.20. The summed E-state index contributed by atoms with van der Waals surface area (Å²) in [5.74, 6) is 0.742. The van der Waals surface area contributed by atoms with Crippen LogP contribution in [0.25, 0.3) is 0 Å². The highest BCUT2D eigenvalue weighted by Crippen LogP contribution is 2.26. The summed E-state index contributed by atoms with van der Waals surface area (Å²) in [5, 5.41) is 3.60. The average Bonchev–Trinajstić information content (AvgIpc) is 2.54. The summed E-state index contributed by atoms with van der Waals surface area (Å²) in [6.07, 6.45) is 3.70. The van der Waals surface area contributed by atoms with Crippen molar-refractivity contribution in [2.24, 2.45) is 5.92 Å². The first-order chi connectivity index (χ1) is 10.3. The van der Waals surface area contributed by atoms with Gasteiger partial charge in [-0.25, -0.2) is 0 Å². The lowest BCUT2D eigenvalue weighted by atomic mass is 9.94. The third-order valence-corrected chi connectivity index (χ3v) is 4.44. The maximum atomic E-state index is 5.31. The van der Waals surface area contributed by atoms with Gasteiger partial charge in [0.15, 0.2) is 0 Å². The maximum Gasteiger partial charge on any atom is 0.0491 e. The number of hydrogen-bond donors (Lipinski definition) is 1. The molecule has 0 aliphatic carbocycles. The van der Waals surface area contributed by atoms with Crippen molar-refractivity contribution in [3.8, 4) is 0 Å². The van der Waals surface area contributed by atoms with Crippen LogP contribution in [0.1, 0.15) is 37.8 Å². The Bertz CT molecular complexity index is 374. The molecule has 2 rings (SSSR count). The Morgan fingerprint density at radius 2 is 1.95 bits per heavy atom. The van der Waals surface area contributed by atoms with Crippen molar-refractivity contribution >= 4 is 0 Å². The molecule has 1 heterocycles. The first kappa shape index (κ1) is 16.5. The molecule has 1 aliphatic rings. The quantitative estimate of drug-likeness (QED) is 0.745. The minimum atomic E-state index is 0.501. The molecule has 0 radical (unpaired) electrons. The van der Waals surface area contributed by atoms with Gasteiger partial charge < -0.3 is 10.1 Å². The van der Waals surface area contributed by atoms with Crippen molar-refractivity contribution in [1.29, 1.82) is 0 Å². The van der Waals surface area contributed by atoms with Gasteiger partial charge >= 0.3 is 0 Å². The number of hydrogen-bond acceptors (Lipinski definition) is 3. The van der Waals surface area contributed by atoms with E-state index in [1.54, 1.807) is 0 Å². The molecule has 1 unspecified atom stereocenters. The SMILES string of the molecule is CCCNCC(c1ccccc1)N1CCC(COC)CC1. The second kappa shape index (κ2) is 9.19. The van der Waals surface area contributed by atoms with Gasteiger partial charge in [-0.3, -0.25) is 4.90 Å². The molecule has 0 saturated carbocycles. The zero-order valence-corrected chi connectivity index (χ0v) is 13.6. The fourth-order valence-corrected chi connectivity index (χ4v) is 3.22. The third-order valence-electron chi connectivity index (χ3n) is 4.44. The van der Waals surface area contributed by atoms with Crippen LogP contribution in [0, 0.1) is 5.92 Å². The Labute approximate surface area is 129 Å². The number of piperidine rings is 1. The molecule has 0 amide bonds. The first-order valence-electron chi connectivity index (χ1n) is 8.33. The number of nitrogens with zero attached hydrogens (tertiary/aromatic N) is 1. The molecule has 0 aromatic heterocycles. The number of nitrogens with one attached hydrogen (secondary N) is 1. The molecule has 1 aromatic rings. The summed E-state index contributed by atoms with van der Waals surface area (Å²) in [6, 6.07) is 11.4. The Balaban J connectivity index is 1.96. The average molecular weight is 290 g/mol. The van der Waals surface area contributed by atoms with Crippen LogP contribution in [0.4, 0.5) is 0 Å². The molecule has 118 valence electrons. The zero-order valence-electron chi connectivity index (χ0n) is 13.6. The fraction of sp³-hybridized carbons (Fsp3) is 0.667. The van der Waals surface area contributed by atoms with Crippen molar-refractivity contribution in [3.05, 3.63) is 35.9 Å². The number of rotatable bonds is 8. The van der Waals surface area contributed by atoms with Crippen LogP contribution in [-0.2, 0) is 4.74 Å². The van der Waals surface area contributed by atoms with Gasteiger partial charge in [0, 0.05) is 26.3 Å². The Morgan fingerprint density at radius 3 is 2.57 bits per heavy atom. The van der Waals surface area contributed by atoms with E-state index < -0.39 is 0 Å². The van der Waals surface area contributed by atoms with Crippen LogP contribution in [0.15, 0.2) is 30.3 Å². The molecule has 1 saturated heterocycles. The lowest BCUT2D eigenvalue weighted by Gasteiger charge is -2.38. The minimum Gasteiger partial charge on any atom is -0.384 e. The first-order valence-corrected chi connectivity index (χ1v) is 8.33. The van der Waals surface area contributed by atoms with E-state index in [0.717, 1.165) is 25.6 Å². The molecular weight excluding hydrogens is 260 g/mol. The molecule has 21 heavy (non-hydrogen) atoms. The summed E-state index contributed by atoms with van der Waals surface area (Å²) < 4.78 is 5.31. The molecule has 1 N–H and O–H groups in total. The van der Waals surface area contributed by atoms with Gasteiger partial charge in [0.2, 0.25) is 0 Å². The van der Waals surface area contributed by atoms with Crippen molar-refractivity contribution in [2.75, 3.05) is 39.9 Å². The van der Waals surface area contributed by atoms with Gasteiger partial charge in [0.1, 0.15) is 0 Å². The van der Waals surface area contributed by atoms with Crippen LogP contribution in [0.5, 0.6) is 0 Å². The van der Waals surface area contributed by atoms with Crippen molar-refractivity contribution in [2.45, 2.75) is 32.2 Å². The highest BCUT2D eigenvalue weighted by atomic mass is 16.5. The number of methoxy groups -OCH3 is 1. The molecule has 3 heteroatoms. The van der Waals surface area contributed by atoms with Crippen LogP contribution in [0.3, 0.4) is 0 Å². The van der Waals surface area contributed by atoms with E-state index in [0.29, 0.717) is 6.04 Å². The van der Waals surface area contributed by atoms with E-state index in [-0.39, 0.29) is 0 Å². The molecule has 0 spiro atoms. The highest BCUT2D eigenvalue weighted by Gasteiger charge is 2.25. The maximum absolute atomic E-state index is 5.31. The summed E-state index contributed by atoms with van der Waals surface area (Å²) in [7, 11) is 1.81. The number of ether oxygens (including phenoxy) is 1. The standard InChI is InChI=1S/C18H30N2O/c1-3-11-19-14-18(17-7-5-4-6-8-17)20-12-9-16(10-13-20)15-21-2/h4-8,16,18-19H,3,9-15H2,1-2H3. The summed E-state index contributed by atoms with van der Waals surface area (Å²) in [4.78, 5) is 2.64. The predicted molar refractivity (Wildman–Crippen MR) is 88.5 cm³/mol. The van der Waals surface area contributed by atoms with Gasteiger partial charge in [-0.15, -0.1) is 0 Å². The molecule has 1 aliphatic heterocycles.